The summed E-state index contributed by atoms with van der Waals surface area (Å²) in [6, 6.07) is 8.51. The van der Waals surface area contributed by atoms with Crippen molar-refractivity contribution in [2.75, 3.05) is 21.3 Å². The van der Waals surface area contributed by atoms with Crippen molar-refractivity contribution in [2.24, 2.45) is 0 Å². The lowest BCUT2D eigenvalue weighted by Gasteiger charge is -2.38. The number of benzene rings is 2. The number of hydrogen-bond donors (Lipinski definition) is 2. The number of ether oxygens (including phenoxy) is 2. The normalized spacial score (nSPS) is 19.0. The van der Waals surface area contributed by atoms with E-state index in [1.54, 1.807) is 25.2 Å². The Morgan fingerprint density at radius 3 is 2.19 bits per heavy atom. The largest absolute Gasteiger partial charge is 0.508 e. The molecule has 0 fully saturated rings. The first-order valence-corrected chi connectivity index (χ1v) is 7.93. The molecule has 1 amide bonds. The lowest BCUT2D eigenvalue weighted by molar-refractivity contribution is -0.140. The number of carbonyl (C=O) groups excluding carboxylic acids is 1. The van der Waals surface area contributed by atoms with Crippen LogP contribution in [-0.2, 0) is 4.79 Å². The van der Waals surface area contributed by atoms with Crippen LogP contribution in [0.2, 0.25) is 0 Å². The Bertz CT molecular complexity index is 861. The Balaban J connectivity index is 2.23. The van der Waals surface area contributed by atoms with Gasteiger partial charge in [0.1, 0.15) is 11.7 Å². The number of carbonyl (C=O) groups is 2. The minimum atomic E-state index is -1.06. The van der Waals surface area contributed by atoms with Gasteiger partial charge in [-0.05, 0) is 35.4 Å². The quantitative estimate of drug-likeness (QED) is 0.872. The summed E-state index contributed by atoms with van der Waals surface area (Å²) in [6.45, 7) is 0. The number of rotatable bonds is 4. The Morgan fingerprint density at radius 1 is 1.08 bits per heavy atom. The number of likely N-dealkylation sites (N-methyl/N-ethyl adjacent to an activating group) is 1. The molecule has 0 radical (unpaired) electrons. The predicted molar refractivity (Wildman–Crippen MR) is 92.9 cm³/mol. The first-order valence-electron chi connectivity index (χ1n) is 7.93. The van der Waals surface area contributed by atoms with Gasteiger partial charge in [0.2, 0.25) is 0 Å². The number of hydrogen-bond acceptors (Lipinski definition) is 5. The predicted octanol–water partition coefficient (Wildman–Crippen LogP) is 2.40. The number of aliphatic carboxylic acids is 1. The van der Waals surface area contributed by atoms with Crippen molar-refractivity contribution in [1.29, 1.82) is 0 Å². The van der Waals surface area contributed by atoms with Gasteiger partial charge in [-0.2, -0.15) is 0 Å². The Morgan fingerprint density at radius 2 is 1.65 bits per heavy atom. The third-order valence-corrected chi connectivity index (χ3v) is 4.68. The molecule has 7 nitrogen and oxygen atoms in total. The molecule has 0 bridgehead atoms. The zero-order valence-electron chi connectivity index (χ0n) is 14.6. The molecule has 2 N–H and O–H groups in total. The summed E-state index contributed by atoms with van der Waals surface area (Å²) in [7, 11) is 4.47. The molecular formula is C19H19NO6. The third kappa shape index (κ3) is 2.71. The van der Waals surface area contributed by atoms with Crippen LogP contribution in [0, 0.1) is 0 Å². The molecule has 2 aromatic carbocycles. The van der Waals surface area contributed by atoms with E-state index in [1.807, 2.05) is 0 Å². The van der Waals surface area contributed by atoms with Gasteiger partial charge in [0, 0.05) is 12.6 Å². The number of phenolic OH excluding ortho intramolecular Hbond substituents is 1. The summed E-state index contributed by atoms with van der Waals surface area (Å²) in [4.78, 5) is 26.4. The summed E-state index contributed by atoms with van der Waals surface area (Å²) in [5.74, 6) is -1.57. The van der Waals surface area contributed by atoms with Gasteiger partial charge in [-0.25, -0.2) is 0 Å². The van der Waals surface area contributed by atoms with Crippen LogP contribution < -0.4 is 9.47 Å². The van der Waals surface area contributed by atoms with Crippen LogP contribution in [0.5, 0.6) is 17.2 Å². The SMILES string of the molecule is COc1cc2c(cc1OC)[C@@H](C(=O)O)[C@@H](c1ccc(O)cc1)N(C)C2=O. The van der Waals surface area contributed by atoms with Gasteiger partial charge in [0.15, 0.2) is 11.5 Å². The minimum Gasteiger partial charge on any atom is -0.508 e. The first kappa shape index (κ1) is 17.6. The van der Waals surface area contributed by atoms with Gasteiger partial charge in [-0.15, -0.1) is 0 Å². The zero-order chi connectivity index (χ0) is 19.0. The number of nitrogens with zero attached hydrogens (tertiary/aromatic N) is 1. The molecule has 26 heavy (non-hydrogen) atoms. The Hall–Kier alpha value is -3.22. The van der Waals surface area contributed by atoms with E-state index in [9.17, 15) is 19.8 Å². The van der Waals surface area contributed by atoms with Crippen molar-refractivity contribution in [1.82, 2.24) is 4.90 Å². The summed E-state index contributed by atoms with van der Waals surface area (Å²) in [5.41, 5.74) is 1.26. The molecule has 7 heteroatoms. The summed E-state index contributed by atoms with van der Waals surface area (Å²) in [5, 5.41) is 19.4. The van der Waals surface area contributed by atoms with Crippen molar-refractivity contribution in [2.45, 2.75) is 12.0 Å². The molecule has 1 aliphatic rings. The summed E-state index contributed by atoms with van der Waals surface area (Å²) < 4.78 is 10.5. The second kappa shape index (κ2) is 6.59. The molecule has 0 spiro atoms. The molecule has 0 saturated heterocycles. The average molecular weight is 357 g/mol. The van der Waals surface area contributed by atoms with Gasteiger partial charge < -0.3 is 24.6 Å². The van der Waals surface area contributed by atoms with Crippen LogP contribution in [0.15, 0.2) is 36.4 Å². The van der Waals surface area contributed by atoms with Crippen molar-refractivity contribution in [3.05, 3.63) is 53.1 Å². The minimum absolute atomic E-state index is 0.0669. The fourth-order valence-electron chi connectivity index (χ4n) is 3.40. The van der Waals surface area contributed by atoms with Gasteiger partial charge in [0.05, 0.1) is 20.3 Å². The number of amides is 1. The fourth-order valence-corrected chi connectivity index (χ4v) is 3.40. The summed E-state index contributed by atoms with van der Waals surface area (Å²) >= 11 is 0. The van der Waals surface area contributed by atoms with E-state index >= 15 is 0 Å². The maximum atomic E-state index is 12.9. The van der Waals surface area contributed by atoms with Gasteiger partial charge in [-0.3, -0.25) is 9.59 Å². The maximum absolute atomic E-state index is 12.9. The molecule has 0 saturated carbocycles. The number of carboxylic acids is 1. The second-order valence-electron chi connectivity index (χ2n) is 6.06. The van der Waals surface area contributed by atoms with E-state index in [0.717, 1.165) is 0 Å². The number of fused-ring (bicyclic) bond motifs is 1. The Labute approximate surface area is 150 Å². The topological polar surface area (TPSA) is 96.3 Å². The van der Waals surface area contributed by atoms with Crippen LogP contribution >= 0.6 is 0 Å². The highest BCUT2D eigenvalue weighted by molar-refractivity contribution is 6.01. The molecule has 0 unspecified atom stereocenters. The van der Waals surface area contributed by atoms with Crippen LogP contribution in [0.1, 0.15) is 33.4 Å². The lowest BCUT2D eigenvalue weighted by atomic mass is 9.80. The van der Waals surface area contributed by atoms with E-state index < -0.39 is 17.9 Å². The van der Waals surface area contributed by atoms with E-state index in [-0.39, 0.29) is 17.2 Å². The van der Waals surface area contributed by atoms with Crippen LogP contribution in [0.25, 0.3) is 0 Å². The number of aromatic hydroxyl groups is 1. The van der Waals surface area contributed by atoms with Crippen molar-refractivity contribution in [3.8, 4) is 17.2 Å². The standard InChI is InChI=1S/C19H19NO6/c1-20-17(10-4-6-11(21)7-5-10)16(19(23)24)12-8-14(25-2)15(26-3)9-13(12)18(20)22/h4-9,16-17,21H,1-3H3,(H,23,24)/t16-,17-/m1/s1. The van der Waals surface area contributed by atoms with Gasteiger partial charge >= 0.3 is 5.97 Å². The van der Waals surface area contributed by atoms with E-state index in [4.69, 9.17) is 9.47 Å². The average Bonchev–Trinajstić information content (AvgIpc) is 2.64. The van der Waals surface area contributed by atoms with Crippen LogP contribution in [-0.4, -0.2) is 48.3 Å². The fraction of sp³-hybridized carbons (Fsp3) is 0.263. The molecule has 1 aliphatic heterocycles. The number of methoxy groups -OCH3 is 2. The van der Waals surface area contributed by atoms with Crippen molar-refractivity contribution >= 4 is 11.9 Å². The number of carboxylic acid groups (broad SMARTS) is 1. The highest BCUT2D eigenvalue weighted by atomic mass is 16.5. The monoisotopic (exact) mass is 357 g/mol. The van der Waals surface area contributed by atoms with Crippen molar-refractivity contribution in [3.63, 3.8) is 0 Å². The maximum Gasteiger partial charge on any atom is 0.313 e. The molecule has 2 atom stereocenters. The highest BCUT2D eigenvalue weighted by Crippen LogP contribution is 2.45. The zero-order valence-corrected chi connectivity index (χ0v) is 14.6. The van der Waals surface area contributed by atoms with Gasteiger partial charge in [-0.1, -0.05) is 12.1 Å². The Kier molecular flexibility index (Phi) is 4.46. The molecule has 136 valence electrons. The highest BCUT2D eigenvalue weighted by Gasteiger charge is 2.43. The molecule has 0 aromatic heterocycles. The third-order valence-electron chi connectivity index (χ3n) is 4.68. The molecule has 2 aromatic rings. The molecule has 1 heterocycles. The van der Waals surface area contributed by atoms with E-state index in [1.165, 1.54) is 37.3 Å². The van der Waals surface area contributed by atoms with E-state index in [0.29, 0.717) is 22.6 Å². The van der Waals surface area contributed by atoms with E-state index in [2.05, 4.69) is 0 Å². The van der Waals surface area contributed by atoms with Gasteiger partial charge in [0.25, 0.3) is 5.91 Å². The molecule has 0 aliphatic carbocycles. The van der Waals surface area contributed by atoms with Crippen LogP contribution in [0.3, 0.4) is 0 Å². The first-order chi connectivity index (χ1) is 12.4. The summed E-state index contributed by atoms with van der Waals surface area (Å²) in [6.07, 6.45) is 0. The van der Waals surface area contributed by atoms with Crippen LogP contribution in [0.4, 0.5) is 0 Å². The lowest BCUT2D eigenvalue weighted by Crippen LogP contribution is -2.42. The number of phenols is 1. The second-order valence-corrected chi connectivity index (χ2v) is 6.06. The smallest absolute Gasteiger partial charge is 0.313 e. The van der Waals surface area contributed by atoms with Crippen molar-refractivity contribution < 1.29 is 29.3 Å². The molecule has 3 rings (SSSR count). The molecular weight excluding hydrogens is 338 g/mol.